The fraction of sp³-hybridized carbons (Fsp3) is 0.524. The van der Waals surface area contributed by atoms with E-state index in [0.717, 1.165) is 44.0 Å². The predicted molar refractivity (Wildman–Crippen MR) is 104 cm³/mol. The molecule has 2 aromatic heterocycles. The largest absolute Gasteiger partial charge is 0.378 e. The molecule has 0 amide bonds. The summed E-state index contributed by atoms with van der Waals surface area (Å²) in [6.45, 7) is 9.36. The zero-order valence-electron chi connectivity index (χ0n) is 16.0. The van der Waals surface area contributed by atoms with Crippen molar-refractivity contribution < 1.29 is 9.47 Å². The summed E-state index contributed by atoms with van der Waals surface area (Å²) in [6.07, 6.45) is 6.05. The van der Waals surface area contributed by atoms with Crippen molar-refractivity contribution in [3.8, 4) is 0 Å². The van der Waals surface area contributed by atoms with Crippen molar-refractivity contribution in [2.24, 2.45) is 0 Å². The molecular formula is C21H29N3O2. The van der Waals surface area contributed by atoms with Crippen molar-refractivity contribution in [3.63, 3.8) is 0 Å². The van der Waals surface area contributed by atoms with Crippen molar-refractivity contribution in [1.29, 1.82) is 0 Å². The van der Waals surface area contributed by atoms with Crippen LogP contribution in [0.4, 0.5) is 5.82 Å². The topological polar surface area (TPSA) is 47.5 Å². The van der Waals surface area contributed by atoms with Crippen molar-refractivity contribution in [1.82, 2.24) is 9.97 Å². The molecule has 0 radical (unpaired) electrons. The van der Waals surface area contributed by atoms with Crippen LogP contribution in [0.2, 0.25) is 0 Å². The highest BCUT2D eigenvalue weighted by molar-refractivity contribution is 5.39. The molecule has 1 aliphatic heterocycles. The highest BCUT2D eigenvalue weighted by Gasteiger charge is 2.21. The summed E-state index contributed by atoms with van der Waals surface area (Å²) in [5.41, 5.74) is 3.47. The average Bonchev–Trinajstić information content (AvgIpc) is 2.64. The van der Waals surface area contributed by atoms with Gasteiger partial charge in [-0.25, -0.2) is 4.98 Å². The van der Waals surface area contributed by atoms with Gasteiger partial charge in [0.15, 0.2) is 0 Å². The lowest BCUT2D eigenvalue weighted by molar-refractivity contribution is 0.0407. The molecule has 3 heterocycles. The highest BCUT2D eigenvalue weighted by atomic mass is 16.5. The van der Waals surface area contributed by atoms with Crippen LogP contribution in [-0.2, 0) is 22.3 Å². The third-order valence-electron chi connectivity index (χ3n) is 4.52. The van der Waals surface area contributed by atoms with Crippen LogP contribution in [0, 0.1) is 6.92 Å². The van der Waals surface area contributed by atoms with Gasteiger partial charge in [0.1, 0.15) is 5.82 Å². The first-order valence-electron chi connectivity index (χ1n) is 9.45. The van der Waals surface area contributed by atoms with Gasteiger partial charge in [0.2, 0.25) is 0 Å². The van der Waals surface area contributed by atoms with E-state index in [4.69, 9.17) is 9.47 Å². The van der Waals surface area contributed by atoms with E-state index in [0.29, 0.717) is 6.61 Å². The molecule has 1 saturated heterocycles. The second-order valence-electron chi connectivity index (χ2n) is 7.16. The fourth-order valence-electron chi connectivity index (χ4n) is 3.08. The summed E-state index contributed by atoms with van der Waals surface area (Å²) in [4.78, 5) is 11.4. The molecule has 5 heteroatoms. The molecule has 140 valence electrons. The lowest BCUT2D eigenvalue weighted by atomic mass is 10.1. The average molecular weight is 355 g/mol. The first-order chi connectivity index (χ1) is 12.6. The molecule has 0 bridgehead atoms. The van der Waals surface area contributed by atoms with E-state index in [-0.39, 0.29) is 12.2 Å². The van der Waals surface area contributed by atoms with Gasteiger partial charge >= 0.3 is 0 Å². The van der Waals surface area contributed by atoms with E-state index in [1.165, 1.54) is 11.1 Å². The Morgan fingerprint density at radius 2 is 2.08 bits per heavy atom. The third kappa shape index (κ3) is 5.51. The number of hydrogen-bond acceptors (Lipinski definition) is 5. The van der Waals surface area contributed by atoms with Crippen LogP contribution in [0.3, 0.4) is 0 Å². The van der Waals surface area contributed by atoms with Crippen LogP contribution in [-0.4, -0.2) is 48.5 Å². The Morgan fingerprint density at radius 1 is 1.19 bits per heavy atom. The number of ether oxygens (including phenoxy) is 2. The molecule has 26 heavy (non-hydrogen) atoms. The molecule has 5 nitrogen and oxygen atoms in total. The van der Waals surface area contributed by atoms with Crippen molar-refractivity contribution >= 4 is 5.82 Å². The minimum atomic E-state index is 0.170. The standard InChI is InChI=1S/C21H29N3O2/c1-16(2)25-10-8-19-6-5-18(14-22-19)12-20-15-24(9-11-26-20)21-7-4-17(3)13-23-21/h4-7,13-14,16,20H,8-12,15H2,1-3H3. The summed E-state index contributed by atoms with van der Waals surface area (Å²) >= 11 is 0. The second kappa shape index (κ2) is 9.10. The second-order valence-corrected chi connectivity index (χ2v) is 7.16. The third-order valence-corrected chi connectivity index (χ3v) is 4.52. The molecule has 1 aliphatic rings. The summed E-state index contributed by atoms with van der Waals surface area (Å²) in [6, 6.07) is 8.46. The van der Waals surface area contributed by atoms with Gasteiger partial charge in [-0.05, 0) is 44.0 Å². The van der Waals surface area contributed by atoms with E-state index in [2.05, 4.69) is 59.9 Å². The quantitative estimate of drug-likeness (QED) is 0.763. The smallest absolute Gasteiger partial charge is 0.128 e. The van der Waals surface area contributed by atoms with E-state index < -0.39 is 0 Å². The maximum absolute atomic E-state index is 5.96. The van der Waals surface area contributed by atoms with Gasteiger partial charge < -0.3 is 14.4 Å². The van der Waals surface area contributed by atoms with Crippen LogP contribution in [0.15, 0.2) is 36.7 Å². The van der Waals surface area contributed by atoms with Crippen LogP contribution < -0.4 is 4.90 Å². The SMILES string of the molecule is Cc1ccc(N2CCOC(Cc3ccc(CCOC(C)C)nc3)C2)nc1. The Kier molecular flexibility index (Phi) is 6.58. The molecule has 1 atom stereocenters. The Balaban J connectivity index is 1.52. The van der Waals surface area contributed by atoms with E-state index >= 15 is 0 Å². The number of aryl methyl sites for hydroxylation is 1. The predicted octanol–water partition coefficient (Wildman–Crippen LogP) is 3.20. The normalized spacial score (nSPS) is 17.7. The van der Waals surface area contributed by atoms with Crippen molar-refractivity contribution in [2.45, 2.75) is 45.8 Å². The molecule has 1 unspecified atom stereocenters. The molecular weight excluding hydrogens is 326 g/mol. The summed E-state index contributed by atoms with van der Waals surface area (Å²) in [7, 11) is 0. The lowest BCUT2D eigenvalue weighted by Crippen LogP contribution is -2.43. The van der Waals surface area contributed by atoms with Crippen LogP contribution >= 0.6 is 0 Å². The van der Waals surface area contributed by atoms with Gasteiger partial charge in [-0.2, -0.15) is 0 Å². The zero-order chi connectivity index (χ0) is 18.4. The first-order valence-corrected chi connectivity index (χ1v) is 9.45. The number of pyridine rings is 2. The number of nitrogens with zero attached hydrogens (tertiary/aromatic N) is 3. The van der Waals surface area contributed by atoms with Gasteiger partial charge in [-0.3, -0.25) is 4.98 Å². The lowest BCUT2D eigenvalue weighted by Gasteiger charge is -2.33. The van der Waals surface area contributed by atoms with Gasteiger partial charge in [0, 0.05) is 44.0 Å². The summed E-state index contributed by atoms with van der Waals surface area (Å²) < 4.78 is 11.5. The Labute approximate surface area is 156 Å². The maximum Gasteiger partial charge on any atom is 0.128 e. The zero-order valence-corrected chi connectivity index (χ0v) is 16.0. The summed E-state index contributed by atoms with van der Waals surface area (Å²) in [5, 5.41) is 0. The molecule has 0 saturated carbocycles. The Morgan fingerprint density at radius 3 is 2.77 bits per heavy atom. The Bertz CT molecular complexity index is 671. The van der Waals surface area contributed by atoms with Crippen LogP contribution in [0.25, 0.3) is 0 Å². The molecule has 1 fully saturated rings. The number of morpholine rings is 1. The van der Waals surface area contributed by atoms with Gasteiger partial charge in [-0.1, -0.05) is 12.1 Å². The number of aromatic nitrogens is 2. The number of rotatable bonds is 7. The van der Waals surface area contributed by atoms with Gasteiger partial charge in [-0.15, -0.1) is 0 Å². The molecule has 0 N–H and O–H groups in total. The highest BCUT2D eigenvalue weighted by Crippen LogP contribution is 2.18. The molecule has 3 rings (SSSR count). The summed E-state index contributed by atoms with van der Waals surface area (Å²) in [5.74, 6) is 1.03. The molecule has 0 spiro atoms. The van der Waals surface area contributed by atoms with Crippen molar-refractivity contribution in [3.05, 3.63) is 53.5 Å². The molecule has 2 aromatic rings. The van der Waals surface area contributed by atoms with E-state index in [9.17, 15) is 0 Å². The van der Waals surface area contributed by atoms with E-state index in [1.807, 2.05) is 12.4 Å². The molecule has 0 aliphatic carbocycles. The minimum Gasteiger partial charge on any atom is -0.378 e. The molecule has 0 aromatic carbocycles. The Hall–Kier alpha value is -1.98. The number of hydrogen-bond donors (Lipinski definition) is 0. The van der Waals surface area contributed by atoms with Crippen LogP contribution in [0.5, 0.6) is 0 Å². The van der Waals surface area contributed by atoms with Crippen molar-refractivity contribution in [2.75, 3.05) is 31.2 Å². The first kappa shape index (κ1) is 18.8. The van der Waals surface area contributed by atoms with Gasteiger partial charge in [0.05, 0.1) is 25.4 Å². The minimum absolute atomic E-state index is 0.170. The van der Waals surface area contributed by atoms with E-state index in [1.54, 1.807) is 0 Å². The fourth-order valence-corrected chi connectivity index (χ4v) is 3.08. The monoisotopic (exact) mass is 355 g/mol. The number of anilines is 1. The van der Waals surface area contributed by atoms with Crippen LogP contribution in [0.1, 0.15) is 30.7 Å². The maximum atomic E-state index is 5.96. The van der Waals surface area contributed by atoms with Gasteiger partial charge in [0.25, 0.3) is 0 Å².